The first-order valence-electron chi connectivity index (χ1n) is 4.72. The number of carbonyl (C=O) groups excluding carboxylic acids is 1. The Hall–Kier alpha value is -1.67. The molecule has 0 aliphatic carbocycles. The number of hydrogen-bond donors (Lipinski definition) is 1. The van der Waals surface area contributed by atoms with Crippen LogP contribution in [-0.4, -0.2) is 15.9 Å². The minimum absolute atomic E-state index is 0.190. The van der Waals surface area contributed by atoms with Crippen molar-refractivity contribution in [2.75, 3.05) is 5.32 Å². The molecule has 0 aliphatic rings. The van der Waals surface area contributed by atoms with Crippen LogP contribution in [0.4, 0.5) is 5.95 Å². The molecule has 0 radical (unpaired) electrons. The zero-order valence-electron chi connectivity index (χ0n) is 9.04. The van der Waals surface area contributed by atoms with Gasteiger partial charge in [0.1, 0.15) is 5.15 Å². The Morgan fingerprint density at radius 1 is 1.56 bits per heavy atom. The fourth-order valence-electron chi connectivity index (χ4n) is 1.24. The van der Waals surface area contributed by atoms with E-state index in [0.717, 1.165) is 5.56 Å². The van der Waals surface area contributed by atoms with Gasteiger partial charge in [-0.25, -0.2) is 9.97 Å². The molecule has 0 unspecified atom stereocenters. The van der Waals surface area contributed by atoms with Gasteiger partial charge in [0.25, 0.3) is 0 Å². The number of carbonyl (C=O) groups is 1. The minimum atomic E-state index is -0.250. The Morgan fingerprint density at radius 2 is 2.25 bits per heavy atom. The maximum absolute atomic E-state index is 10.8. The highest BCUT2D eigenvalue weighted by Gasteiger charge is 2.10. The molecule has 0 spiro atoms. The van der Waals surface area contributed by atoms with Crippen LogP contribution in [0, 0.1) is 18.3 Å². The highest BCUT2D eigenvalue weighted by Crippen LogP contribution is 2.19. The van der Waals surface area contributed by atoms with Gasteiger partial charge in [-0.1, -0.05) is 11.6 Å². The van der Waals surface area contributed by atoms with Gasteiger partial charge in [0, 0.05) is 24.6 Å². The molecule has 1 N–H and O–H groups in total. The fraction of sp³-hybridized carbons (Fsp3) is 0.400. The van der Waals surface area contributed by atoms with Gasteiger partial charge in [0.05, 0.1) is 6.07 Å². The van der Waals surface area contributed by atoms with Crippen molar-refractivity contribution in [2.45, 2.75) is 26.7 Å². The summed E-state index contributed by atoms with van der Waals surface area (Å²) in [5.41, 5.74) is 1.43. The van der Waals surface area contributed by atoms with Crippen molar-refractivity contribution >= 4 is 23.5 Å². The average Bonchev–Trinajstić information content (AvgIpc) is 2.15. The van der Waals surface area contributed by atoms with Gasteiger partial charge >= 0.3 is 0 Å². The SMILES string of the molecule is CC(=O)Nc1nc(C)c(CCC#N)c(Cl)n1. The minimum Gasteiger partial charge on any atom is -0.295 e. The molecule has 0 saturated heterocycles. The second-order valence-electron chi connectivity index (χ2n) is 3.24. The third-order valence-corrected chi connectivity index (χ3v) is 2.25. The second kappa shape index (κ2) is 5.42. The Balaban J connectivity index is 2.98. The van der Waals surface area contributed by atoms with E-state index in [9.17, 15) is 4.79 Å². The number of aryl methyl sites for hydroxylation is 1. The number of amides is 1. The summed E-state index contributed by atoms with van der Waals surface area (Å²) in [7, 11) is 0. The smallest absolute Gasteiger partial charge is 0.231 e. The molecular weight excluding hydrogens is 228 g/mol. The molecule has 5 nitrogen and oxygen atoms in total. The maximum atomic E-state index is 10.8. The first-order chi connectivity index (χ1) is 7.54. The number of halogens is 1. The van der Waals surface area contributed by atoms with E-state index in [4.69, 9.17) is 16.9 Å². The van der Waals surface area contributed by atoms with Gasteiger partial charge < -0.3 is 0 Å². The molecule has 0 saturated carbocycles. The number of hydrogen-bond acceptors (Lipinski definition) is 4. The van der Waals surface area contributed by atoms with Gasteiger partial charge in [-0.2, -0.15) is 5.26 Å². The summed E-state index contributed by atoms with van der Waals surface area (Å²) >= 11 is 5.94. The van der Waals surface area contributed by atoms with Gasteiger partial charge in [-0.3, -0.25) is 10.1 Å². The third-order valence-electron chi connectivity index (χ3n) is 1.94. The largest absolute Gasteiger partial charge is 0.295 e. The molecule has 6 heteroatoms. The molecule has 0 fully saturated rings. The van der Waals surface area contributed by atoms with E-state index < -0.39 is 0 Å². The Morgan fingerprint density at radius 3 is 2.75 bits per heavy atom. The van der Waals surface area contributed by atoms with Crippen molar-refractivity contribution in [3.05, 3.63) is 16.4 Å². The number of nitriles is 1. The predicted octanol–water partition coefficient (Wildman–Crippen LogP) is 1.85. The molecule has 1 rings (SSSR count). The molecule has 84 valence electrons. The lowest BCUT2D eigenvalue weighted by Crippen LogP contribution is -2.11. The molecule has 0 aliphatic heterocycles. The first kappa shape index (κ1) is 12.4. The highest BCUT2D eigenvalue weighted by atomic mass is 35.5. The lowest BCUT2D eigenvalue weighted by molar-refractivity contribution is -0.114. The number of anilines is 1. The molecule has 0 atom stereocenters. The van der Waals surface area contributed by atoms with E-state index in [-0.39, 0.29) is 17.0 Å². The van der Waals surface area contributed by atoms with Crippen LogP contribution in [0.1, 0.15) is 24.6 Å². The molecule has 1 amide bonds. The summed E-state index contributed by atoms with van der Waals surface area (Å²) < 4.78 is 0. The van der Waals surface area contributed by atoms with E-state index in [2.05, 4.69) is 15.3 Å². The molecule has 1 aromatic rings. The molecule has 1 heterocycles. The van der Waals surface area contributed by atoms with Crippen LogP contribution in [0.3, 0.4) is 0 Å². The standard InChI is InChI=1S/C10H11ClN4O/c1-6-8(4-3-5-12)9(11)15-10(13-6)14-7(2)16/h3-4H2,1-2H3,(H,13,14,15,16). The zero-order chi connectivity index (χ0) is 12.1. The number of nitrogens with zero attached hydrogens (tertiary/aromatic N) is 3. The molecule has 16 heavy (non-hydrogen) atoms. The first-order valence-corrected chi connectivity index (χ1v) is 5.10. The van der Waals surface area contributed by atoms with Crippen LogP contribution >= 0.6 is 11.6 Å². The summed E-state index contributed by atoms with van der Waals surface area (Å²) in [5, 5.41) is 11.2. The van der Waals surface area contributed by atoms with Crippen molar-refractivity contribution in [1.82, 2.24) is 9.97 Å². The zero-order valence-corrected chi connectivity index (χ0v) is 9.80. The van der Waals surface area contributed by atoms with E-state index in [1.54, 1.807) is 6.92 Å². The van der Waals surface area contributed by atoms with Gasteiger partial charge in [0.15, 0.2) is 0 Å². The Kier molecular flexibility index (Phi) is 4.20. The third kappa shape index (κ3) is 3.17. The van der Waals surface area contributed by atoms with E-state index in [1.807, 2.05) is 6.07 Å². The normalized spacial score (nSPS) is 9.62. The van der Waals surface area contributed by atoms with Crippen molar-refractivity contribution in [2.24, 2.45) is 0 Å². The Bertz CT molecular complexity index is 430. The molecule has 0 bridgehead atoms. The van der Waals surface area contributed by atoms with Crippen LogP contribution in [-0.2, 0) is 11.2 Å². The molecule has 1 aromatic heterocycles. The van der Waals surface area contributed by atoms with Crippen LogP contribution < -0.4 is 5.32 Å². The lowest BCUT2D eigenvalue weighted by Gasteiger charge is -2.07. The van der Waals surface area contributed by atoms with Gasteiger partial charge in [-0.05, 0) is 13.3 Å². The van der Waals surface area contributed by atoms with Crippen LogP contribution in [0.15, 0.2) is 0 Å². The van der Waals surface area contributed by atoms with Crippen molar-refractivity contribution < 1.29 is 4.79 Å². The summed E-state index contributed by atoms with van der Waals surface area (Å²) in [6, 6.07) is 2.03. The summed E-state index contributed by atoms with van der Waals surface area (Å²) in [5.74, 6) is -0.0593. The van der Waals surface area contributed by atoms with Gasteiger partial charge in [-0.15, -0.1) is 0 Å². The van der Waals surface area contributed by atoms with Crippen LogP contribution in [0.25, 0.3) is 0 Å². The maximum Gasteiger partial charge on any atom is 0.231 e. The second-order valence-corrected chi connectivity index (χ2v) is 3.60. The quantitative estimate of drug-likeness (QED) is 0.815. The lowest BCUT2D eigenvalue weighted by atomic mass is 10.1. The average molecular weight is 239 g/mol. The van der Waals surface area contributed by atoms with E-state index in [0.29, 0.717) is 18.5 Å². The van der Waals surface area contributed by atoms with Gasteiger partial charge in [0.2, 0.25) is 11.9 Å². The summed E-state index contributed by atoms with van der Waals surface area (Å²) in [6.07, 6.45) is 0.880. The number of aromatic nitrogens is 2. The van der Waals surface area contributed by atoms with E-state index in [1.165, 1.54) is 6.92 Å². The monoisotopic (exact) mass is 238 g/mol. The number of rotatable bonds is 3. The van der Waals surface area contributed by atoms with Crippen LogP contribution in [0.2, 0.25) is 5.15 Å². The fourth-order valence-corrected chi connectivity index (χ4v) is 1.55. The van der Waals surface area contributed by atoms with E-state index >= 15 is 0 Å². The van der Waals surface area contributed by atoms with Crippen molar-refractivity contribution in [3.63, 3.8) is 0 Å². The number of nitrogens with one attached hydrogen (secondary N) is 1. The Labute approximate surface area is 98.5 Å². The highest BCUT2D eigenvalue weighted by molar-refractivity contribution is 6.30. The topological polar surface area (TPSA) is 78.7 Å². The summed E-state index contributed by atoms with van der Waals surface area (Å²) in [6.45, 7) is 3.14. The van der Waals surface area contributed by atoms with Crippen LogP contribution in [0.5, 0.6) is 0 Å². The van der Waals surface area contributed by atoms with Crippen molar-refractivity contribution in [3.8, 4) is 6.07 Å². The van der Waals surface area contributed by atoms with Crippen molar-refractivity contribution in [1.29, 1.82) is 5.26 Å². The molecule has 0 aromatic carbocycles. The molecular formula is C10H11ClN4O. The predicted molar refractivity (Wildman–Crippen MR) is 60.0 cm³/mol. The summed E-state index contributed by atoms with van der Waals surface area (Å²) in [4.78, 5) is 18.8.